The number of ether oxygens (including phenoxy) is 1. The van der Waals surface area contributed by atoms with Crippen molar-refractivity contribution in [3.8, 4) is 5.75 Å². The van der Waals surface area contributed by atoms with Crippen molar-refractivity contribution in [2.24, 2.45) is 0 Å². The molecule has 0 saturated heterocycles. The lowest BCUT2D eigenvalue weighted by atomic mass is 9.95. The number of carbonyl (C=O) groups excluding carboxylic acids is 1. The fourth-order valence-electron chi connectivity index (χ4n) is 1.98. The van der Waals surface area contributed by atoms with Gasteiger partial charge in [-0.1, -0.05) is 25.5 Å². The quantitative estimate of drug-likeness (QED) is 0.759. The van der Waals surface area contributed by atoms with Gasteiger partial charge >= 0.3 is 5.97 Å². The minimum Gasteiger partial charge on any atom is -0.497 e. The molecule has 5 nitrogen and oxygen atoms in total. The van der Waals surface area contributed by atoms with E-state index >= 15 is 0 Å². The standard InChI is InChI=1S/C15H20ClNO4/c1-4-9-15(2,14(19)20)17-13(18)12(16)10-5-7-11(21-3)8-6-10/h5-8,12H,4,9H2,1-3H3,(H,17,18)(H,19,20). The molecule has 2 N–H and O–H groups in total. The lowest BCUT2D eigenvalue weighted by Crippen LogP contribution is -2.52. The van der Waals surface area contributed by atoms with Gasteiger partial charge in [-0.3, -0.25) is 4.79 Å². The van der Waals surface area contributed by atoms with Crippen molar-refractivity contribution in [3.63, 3.8) is 0 Å². The van der Waals surface area contributed by atoms with Crippen molar-refractivity contribution in [2.45, 2.75) is 37.6 Å². The van der Waals surface area contributed by atoms with Crippen molar-refractivity contribution in [1.29, 1.82) is 0 Å². The Morgan fingerprint density at radius 3 is 2.38 bits per heavy atom. The van der Waals surface area contributed by atoms with Gasteiger partial charge < -0.3 is 15.2 Å². The summed E-state index contributed by atoms with van der Waals surface area (Å²) in [6.45, 7) is 3.34. The van der Waals surface area contributed by atoms with E-state index in [1.807, 2.05) is 6.92 Å². The predicted molar refractivity (Wildman–Crippen MR) is 80.7 cm³/mol. The number of alkyl halides is 1. The largest absolute Gasteiger partial charge is 0.497 e. The van der Waals surface area contributed by atoms with Crippen LogP contribution in [0.4, 0.5) is 0 Å². The zero-order valence-corrected chi connectivity index (χ0v) is 13.1. The Bertz CT molecular complexity index is 503. The maximum Gasteiger partial charge on any atom is 0.329 e. The van der Waals surface area contributed by atoms with E-state index in [-0.39, 0.29) is 0 Å². The Balaban J connectivity index is 2.83. The molecule has 1 rings (SSSR count). The van der Waals surface area contributed by atoms with Crippen molar-refractivity contribution in [3.05, 3.63) is 29.8 Å². The fourth-order valence-corrected chi connectivity index (χ4v) is 2.18. The van der Waals surface area contributed by atoms with E-state index in [2.05, 4.69) is 5.32 Å². The molecule has 0 heterocycles. The minimum absolute atomic E-state index is 0.334. The number of benzene rings is 1. The first-order valence-corrected chi connectivity index (χ1v) is 7.11. The molecule has 0 radical (unpaired) electrons. The van der Waals surface area contributed by atoms with Crippen molar-refractivity contribution in [2.75, 3.05) is 7.11 Å². The number of halogens is 1. The van der Waals surface area contributed by atoms with Crippen LogP contribution in [0.3, 0.4) is 0 Å². The van der Waals surface area contributed by atoms with Gasteiger partial charge in [-0.15, -0.1) is 11.6 Å². The van der Waals surface area contributed by atoms with E-state index in [4.69, 9.17) is 16.3 Å². The number of carbonyl (C=O) groups is 2. The van der Waals surface area contributed by atoms with E-state index in [1.54, 1.807) is 31.4 Å². The number of hydrogen-bond donors (Lipinski definition) is 2. The normalized spacial score (nSPS) is 14.9. The van der Waals surface area contributed by atoms with Gasteiger partial charge in [-0.2, -0.15) is 0 Å². The molecule has 21 heavy (non-hydrogen) atoms. The first-order valence-electron chi connectivity index (χ1n) is 6.67. The maximum atomic E-state index is 12.2. The summed E-state index contributed by atoms with van der Waals surface area (Å²) < 4.78 is 5.03. The highest BCUT2D eigenvalue weighted by Crippen LogP contribution is 2.24. The fraction of sp³-hybridized carbons (Fsp3) is 0.467. The highest BCUT2D eigenvalue weighted by atomic mass is 35.5. The van der Waals surface area contributed by atoms with Gasteiger partial charge in [-0.25, -0.2) is 4.79 Å². The third-order valence-corrected chi connectivity index (χ3v) is 3.71. The second-order valence-electron chi connectivity index (χ2n) is 5.01. The van der Waals surface area contributed by atoms with Gasteiger partial charge in [0.1, 0.15) is 16.7 Å². The predicted octanol–water partition coefficient (Wildman–Crippen LogP) is 2.73. The molecule has 0 aliphatic carbocycles. The van der Waals surface area contributed by atoms with Crippen LogP contribution in [-0.2, 0) is 9.59 Å². The molecule has 0 aliphatic rings. The second-order valence-corrected chi connectivity index (χ2v) is 5.45. The van der Waals surface area contributed by atoms with Crippen molar-refractivity contribution < 1.29 is 19.4 Å². The van der Waals surface area contributed by atoms with Gasteiger partial charge in [-0.05, 0) is 31.0 Å². The van der Waals surface area contributed by atoms with Gasteiger partial charge in [0, 0.05) is 0 Å². The van der Waals surface area contributed by atoms with Crippen LogP contribution in [0, 0.1) is 0 Å². The number of nitrogens with one attached hydrogen (secondary N) is 1. The minimum atomic E-state index is -1.31. The molecular weight excluding hydrogens is 294 g/mol. The number of carboxylic acids is 1. The number of amides is 1. The number of rotatable bonds is 7. The number of methoxy groups -OCH3 is 1. The lowest BCUT2D eigenvalue weighted by Gasteiger charge is -2.27. The van der Waals surface area contributed by atoms with Crippen LogP contribution in [0.5, 0.6) is 5.75 Å². The average molecular weight is 314 g/mol. The van der Waals surface area contributed by atoms with E-state index in [0.29, 0.717) is 24.2 Å². The maximum absolute atomic E-state index is 12.2. The van der Waals surface area contributed by atoms with Crippen LogP contribution >= 0.6 is 11.6 Å². The van der Waals surface area contributed by atoms with Gasteiger partial charge in [0.05, 0.1) is 7.11 Å². The van der Waals surface area contributed by atoms with Gasteiger partial charge in [0.15, 0.2) is 0 Å². The lowest BCUT2D eigenvalue weighted by molar-refractivity contribution is -0.147. The smallest absolute Gasteiger partial charge is 0.329 e. The molecule has 2 unspecified atom stereocenters. The van der Waals surface area contributed by atoms with E-state index in [0.717, 1.165) is 0 Å². The molecule has 2 atom stereocenters. The first-order chi connectivity index (χ1) is 9.84. The molecule has 0 bridgehead atoms. The molecule has 116 valence electrons. The monoisotopic (exact) mass is 313 g/mol. The van der Waals surface area contributed by atoms with Crippen molar-refractivity contribution in [1.82, 2.24) is 5.32 Å². The molecule has 6 heteroatoms. The summed E-state index contributed by atoms with van der Waals surface area (Å²) in [7, 11) is 1.54. The summed E-state index contributed by atoms with van der Waals surface area (Å²) in [5.74, 6) is -0.944. The molecule has 0 aliphatic heterocycles. The Hall–Kier alpha value is -1.75. The van der Waals surface area contributed by atoms with E-state index in [9.17, 15) is 14.7 Å². The summed E-state index contributed by atoms with van der Waals surface area (Å²) in [6, 6.07) is 6.74. The Morgan fingerprint density at radius 1 is 1.38 bits per heavy atom. The van der Waals surface area contributed by atoms with Crippen molar-refractivity contribution >= 4 is 23.5 Å². The Labute approximate surface area is 129 Å². The summed E-state index contributed by atoms with van der Waals surface area (Å²) in [6.07, 6.45) is 0.971. The van der Waals surface area contributed by atoms with Crippen LogP contribution in [0.25, 0.3) is 0 Å². The average Bonchev–Trinajstić information content (AvgIpc) is 2.46. The van der Waals surface area contributed by atoms with Crippen LogP contribution < -0.4 is 10.1 Å². The summed E-state index contributed by atoms with van der Waals surface area (Å²) in [5, 5.41) is 10.8. The molecule has 1 amide bonds. The molecule has 1 aromatic carbocycles. The molecule has 0 spiro atoms. The molecule has 0 aromatic heterocycles. The highest BCUT2D eigenvalue weighted by Gasteiger charge is 2.35. The number of aliphatic carboxylic acids is 1. The first kappa shape index (κ1) is 17.3. The summed E-state index contributed by atoms with van der Waals surface area (Å²) >= 11 is 6.12. The van der Waals surface area contributed by atoms with Crippen LogP contribution in [0.2, 0.25) is 0 Å². The zero-order chi connectivity index (χ0) is 16.0. The SMILES string of the molecule is CCCC(C)(NC(=O)C(Cl)c1ccc(OC)cc1)C(=O)O. The van der Waals surface area contributed by atoms with E-state index in [1.165, 1.54) is 6.92 Å². The number of hydrogen-bond acceptors (Lipinski definition) is 3. The third kappa shape index (κ3) is 4.36. The molecule has 0 fully saturated rings. The molecular formula is C15H20ClNO4. The molecule has 0 saturated carbocycles. The second kappa shape index (κ2) is 7.31. The van der Waals surface area contributed by atoms with Crippen LogP contribution in [-0.4, -0.2) is 29.6 Å². The number of carboxylic acid groups (broad SMARTS) is 1. The topological polar surface area (TPSA) is 75.6 Å². The Kier molecular flexibility index (Phi) is 6.03. The van der Waals surface area contributed by atoms with Gasteiger partial charge in [0.25, 0.3) is 0 Å². The third-order valence-electron chi connectivity index (χ3n) is 3.26. The Morgan fingerprint density at radius 2 is 1.95 bits per heavy atom. The van der Waals surface area contributed by atoms with Gasteiger partial charge in [0.2, 0.25) is 5.91 Å². The van der Waals surface area contributed by atoms with E-state index < -0.39 is 22.8 Å². The summed E-state index contributed by atoms with van der Waals surface area (Å²) in [4.78, 5) is 23.5. The van der Waals surface area contributed by atoms with Crippen LogP contribution in [0.15, 0.2) is 24.3 Å². The zero-order valence-electron chi connectivity index (χ0n) is 12.4. The molecule has 1 aromatic rings. The van der Waals surface area contributed by atoms with Crippen LogP contribution in [0.1, 0.15) is 37.6 Å². The highest BCUT2D eigenvalue weighted by molar-refractivity contribution is 6.31. The summed E-state index contributed by atoms with van der Waals surface area (Å²) in [5.41, 5.74) is -0.731.